The molecule has 0 bridgehead atoms. The first-order valence-electron chi connectivity index (χ1n) is 10.8. The van der Waals surface area contributed by atoms with Gasteiger partial charge in [0.25, 0.3) is 5.91 Å². The minimum atomic E-state index is -1.19. The van der Waals surface area contributed by atoms with Gasteiger partial charge in [0.15, 0.2) is 5.69 Å². The van der Waals surface area contributed by atoms with Gasteiger partial charge in [0, 0.05) is 16.6 Å². The van der Waals surface area contributed by atoms with E-state index in [-0.39, 0.29) is 29.9 Å². The number of nitrogens with one attached hydrogen (secondary N) is 1. The quantitative estimate of drug-likeness (QED) is 0.548. The maximum atomic E-state index is 13.8. The van der Waals surface area contributed by atoms with Crippen molar-refractivity contribution in [2.75, 3.05) is 18.3 Å². The van der Waals surface area contributed by atoms with Crippen LogP contribution in [0.25, 0.3) is 0 Å². The van der Waals surface area contributed by atoms with Crippen molar-refractivity contribution in [2.24, 2.45) is 0 Å². The first-order valence-corrected chi connectivity index (χ1v) is 12.0. The molecule has 9 heteroatoms. The molecule has 2 amide bonds. The van der Waals surface area contributed by atoms with Crippen molar-refractivity contribution in [2.45, 2.75) is 62.0 Å². The van der Waals surface area contributed by atoms with E-state index in [4.69, 9.17) is 4.74 Å². The molecule has 8 nitrogen and oxygen atoms in total. The summed E-state index contributed by atoms with van der Waals surface area (Å²) in [5.74, 6) is -1.33. The highest BCUT2D eigenvalue weighted by Gasteiger charge is 2.50. The van der Waals surface area contributed by atoms with Crippen molar-refractivity contribution in [3.8, 4) is 0 Å². The number of benzene rings is 1. The summed E-state index contributed by atoms with van der Waals surface area (Å²) in [4.78, 5) is 46.3. The van der Waals surface area contributed by atoms with Gasteiger partial charge in [-0.25, -0.2) is 9.78 Å². The molecule has 2 aliphatic rings. The van der Waals surface area contributed by atoms with Gasteiger partial charge in [-0.15, -0.1) is 11.8 Å². The molecule has 1 fully saturated rings. The van der Waals surface area contributed by atoms with Crippen LogP contribution in [0, 0.1) is 0 Å². The van der Waals surface area contributed by atoms with Crippen molar-refractivity contribution in [3.05, 3.63) is 42.0 Å². The van der Waals surface area contributed by atoms with Crippen molar-refractivity contribution in [3.63, 3.8) is 0 Å². The van der Waals surface area contributed by atoms with Crippen LogP contribution in [0.2, 0.25) is 0 Å². The van der Waals surface area contributed by atoms with E-state index < -0.39 is 17.4 Å². The maximum absolute atomic E-state index is 13.8. The summed E-state index contributed by atoms with van der Waals surface area (Å²) in [5, 5.41) is 3.19. The number of carbonyl (C=O) groups excluding carboxylic acids is 3. The molecule has 0 unspecified atom stereocenters. The first kappa shape index (κ1) is 22.4. The topological polar surface area (TPSA) is 93.5 Å². The van der Waals surface area contributed by atoms with E-state index >= 15 is 0 Å². The van der Waals surface area contributed by atoms with Crippen LogP contribution in [0.15, 0.2) is 35.5 Å². The molecule has 1 saturated carbocycles. The number of amides is 2. The molecule has 32 heavy (non-hydrogen) atoms. The molecular weight excluding hydrogens is 428 g/mol. The third-order valence-corrected chi connectivity index (χ3v) is 7.06. The van der Waals surface area contributed by atoms with Gasteiger partial charge in [0.1, 0.15) is 11.2 Å². The van der Waals surface area contributed by atoms with Gasteiger partial charge in [-0.05, 0) is 44.2 Å². The lowest BCUT2D eigenvalue weighted by Gasteiger charge is -2.44. The molecule has 0 saturated heterocycles. The SMILES string of the molecule is COC(=O)c1ncn2c1C(=O)N(c1cccc(SC)c1)[C@](C)(C(=O)NC1CCCCC1)C2. The summed E-state index contributed by atoms with van der Waals surface area (Å²) in [6.45, 7) is 1.95. The van der Waals surface area contributed by atoms with Crippen molar-refractivity contribution >= 4 is 35.2 Å². The highest BCUT2D eigenvalue weighted by molar-refractivity contribution is 7.98. The number of anilines is 1. The second kappa shape index (κ2) is 8.97. The third-order valence-electron chi connectivity index (χ3n) is 6.33. The number of nitrogens with zero attached hydrogens (tertiary/aromatic N) is 3. The zero-order valence-corrected chi connectivity index (χ0v) is 19.4. The number of hydrogen-bond donors (Lipinski definition) is 1. The molecule has 1 N–H and O–H groups in total. The Balaban J connectivity index is 1.79. The number of ether oxygens (including phenoxy) is 1. The van der Waals surface area contributed by atoms with Gasteiger partial charge in [-0.3, -0.25) is 14.5 Å². The summed E-state index contributed by atoms with van der Waals surface area (Å²) in [6.07, 6.45) is 8.64. The van der Waals surface area contributed by atoms with Gasteiger partial charge < -0.3 is 14.6 Å². The summed E-state index contributed by atoms with van der Waals surface area (Å²) < 4.78 is 6.41. The minimum Gasteiger partial charge on any atom is -0.464 e. The summed E-state index contributed by atoms with van der Waals surface area (Å²) in [7, 11) is 1.25. The average Bonchev–Trinajstić information content (AvgIpc) is 3.23. The molecule has 1 aromatic carbocycles. The van der Waals surface area contributed by atoms with Crippen molar-refractivity contribution in [1.29, 1.82) is 0 Å². The molecule has 0 spiro atoms. The molecule has 1 atom stereocenters. The van der Waals surface area contributed by atoms with Crippen LogP contribution in [-0.2, 0) is 16.1 Å². The maximum Gasteiger partial charge on any atom is 0.359 e. The Morgan fingerprint density at radius 1 is 1.25 bits per heavy atom. The van der Waals surface area contributed by atoms with Crippen LogP contribution in [0.5, 0.6) is 0 Å². The Morgan fingerprint density at radius 2 is 2.00 bits per heavy atom. The Bertz CT molecular complexity index is 1050. The summed E-state index contributed by atoms with van der Waals surface area (Å²) >= 11 is 1.55. The first-order chi connectivity index (χ1) is 15.4. The highest BCUT2D eigenvalue weighted by Crippen LogP contribution is 2.35. The van der Waals surface area contributed by atoms with Crippen LogP contribution >= 0.6 is 11.8 Å². The highest BCUT2D eigenvalue weighted by atomic mass is 32.2. The Hall–Kier alpha value is -2.81. The lowest BCUT2D eigenvalue weighted by atomic mass is 9.90. The number of imidazole rings is 1. The molecule has 170 valence electrons. The zero-order chi connectivity index (χ0) is 22.9. The van der Waals surface area contributed by atoms with E-state index in [2.05, 4.69) is 10.3 Å². The fourth-order valence-electron chi connectivity index (χ4n) is 4.62. The van der Waals surface area contributed by atoms with Gasteiger partial charge in [-0.2, -0.15) is 0 Å². The van der Waals surface area contributed by atoms with E-state index in [0.29, 0.717) is 5.69 Å². The Kier molecular flexibility index (Phi) is 6.28. The number of hydrogen-bond acceptors (Lipinski definition) is 6. The van der Waals surface area contributed by atoms with Crippen molar-refractivity contribution in [1.82, 2.24) is 14.9 Å². The van der Waals surface area contributed by atoms with Crippen LogP contribution in [-0.4, -0.2) is 52.3 Å². The van der Waals surface area contributed by atoms with Gasteiger partial charge in [0.2, 0.25) is 5.91 Å². The van der Waals surface area contributed by atoms with Crippen LogP contribution < -0.4 is 10.2 Å². The standard InChI is InChI=1S/C23H28N4O4S/c1-23(22(30)25-15-8-5-4-6-9-15)13-26-14-24-18(21(29)31-2)19(26)20(28)27(23)16-10-7-11-17(12-16)32-3/h7,10-12,14-15H,4-6,8-9,13H2,1-3H3,(H,25,30)/t23-/m0/s1. The summed E-state index contributed by atoms with van der Waals surface area (Å²) in [5.41, 5.74) is -0.494. The second-order valence-corrected chi connectivity index (χ2v) is 9.37. The number of methoxy groups -OCH3 is 1. The smallest absolute Gasteiger partial charge is 0.359 e. The molecular formula is C23H28N4O4S. The lowest BCUT2D eigenvalue weighted by Crippen LogP contribution is -2.65. The van der Waals surface area contributed by atoms with Crippen LogP contribution in [0.4, 0.5) is 5.69 Å². The minimum absolute atomic E-state index is 0.0433. The van der Waals surface area contributed by atoms with E-state index in [1.807, 2.05) is 30.5 Å². The van der Waals surface area contributed by atoms with Gasteiger partial charge >= 0.3 is 5.97 Å². The normalized spacial score (nSPS) is 21.2. The monoisotopic (exact) mass is 456 g/mol. The molecule has 2 heterocycles. The third kappa shape index (κ3) is 3.90. The van der Waals surface area contributed by atoms with Crippen molar-refractivity contribution < 1.29 is 19.1 Å². The Labute approximate surface area is 191 Å². The second-order valence-electron chi connectivity index (χ2n) is 8.49. The fourth-order valence-corrected chi connectivity index (χ4v) is 5.07. The molecule has 4 rings (SSSR count). The predicted octanol–water partition coefficient (Wildman–Crippen LogP) is 3.26. The van der Waals surface area contributed by atoms with E-state index in [1.54, 1.807) is 23.3 Å². The Morgan fingerprint density at radius 3 is 2.69 bits per heavy atom. The fraction of sp³-hybridized carbons (Fsp3) is 0.478. The van der Waals surface area contributed by atoms with E-state index in [1.165, 1.54) is 24.8 Å². The number of thioether (sulfide) groups is 1. The number of esters is 1. The zero-order valence-electron chi connectivity index (χ0n) is 18.6. The van der Waals surface area contributed by atoms with Crippen LogP contribution in [0.1, 0.15) is 60.0 Å². The number of aromatic nitrogens is 2. The van der Waals surface area contributed by atoms with Crippen LogP contribution in [0.3, 0.4) is 0 Å². The molecule has 1 aromatic heterocycles. The lowest BCUT2D eigenvalue weighted by molar-refractivity contribution is -0.127. The van der Waals surface area contributed by atoms with Gasteiger partial charge in [-0.1, -0.05) is 25.3 Å². The van der Waals surface area contributed by atoms with Gasteiger partial charge in [0.05, 0.1) is 20.0 Å². The van der Waals surface area contributed by atoms with E-state index in [0.717, 1.165) is 30.6 Å². The molecule has 0 radical (unpaired) electrons. The predicted molar refractivity (Wildman–Crippen MR) is 122 cm³/mol. The number of rotatable bonds is 5. The molecule has 2 aromatic rings. The molecule has 1 aliphatic heterocycles. The average molecular weight is 457 g/mol. The largest absolute Gasteiger partial charge is 0.464 e. The summed E-state index contributed by atoms with van der Waals surface area (Å²) in [6, 6.07) is 7.62. The number of carbonyl (C=O) groups is 3. The molecule has 1 aliphatic carbocycles. The number of fused-ring (bicyclic) bond motifs is 1. The van der Waals surface area contributed by atoms with E-state index in [9.17, 15) is 14.4 Å².